The van der Waals surface area contributed by atoms with E-state index < -0.39 is 15.9 Å². The molecule has 0 unspecified atom stereocenters. The molecule has 0 aliphatic rings. The average Bonchev–Trinajstić information content (AvgIpc) is 3.03. The number of fused-ring (bicyclic) bond motifs is 1. The lowest BCUT2D eigenvalue weighted by molar-refractivity contribution is -0.121. The van der Waals surface area contributed by atoms with Gasteiger partial charge in [0.05, 0.1) is 18.0 Å². The number of aromatic nitrogens is 3. The Morgan fingerprint density at radius 1 is 1.19 bits per heavy atom. The van der Waals surface area contributed by atoms with Crippen LogP contribution in [0.4, 0.5) is 0 Å². The first-order valence-corrected chi connectivity index (χ1v) is 9.47. The van der Waals surface area contributed by atoms with E-state index in [-0.39, 0.29) is 18.0 Å². The summed E-state index contributed by atoms with van der Waals surface area (Å²) in [4.78, 5) is 12.2. The van der Waals surface area contributed by atoms with Gasteiger partial charge in [-0.25, -0.2) is 8.42 Å². The topological polar surface area (TPSA) is 96.7 Å². The molecular weight excluding hydrogens is 378 g/mol. The van der Waals surface area contributed by atoms with E-state index in [1.807, 2.05) is 12.1 Å². The van der Waals surface area contributed by atoms with Crippen molar-refractivity contribution < 1.29 is 13.2 Å². The number of amides is 1. The van der Waals surface area contributed by atoms with Crippen LogP contribution in [0.3, 0.4) is 0 Å². The monoisotopic (exact) mass is 393 g/mol. The van der Waals surface area contributed by atoms with E-state index in [0.717, 1.165) is 4.31 Å². The quantitative estimate of drug-likeness (QED) is 0.681. The molecule has 1 N–H and O–H groups in total. The molecule has 2 aromatic heterocycles. The van der Waals surface area contributed by atoms with E-state index in [2.05, 4.69) is 15.5 Å². The van der Waals surface area contributed by atoms with Crippen molar-refractivity contribution in [2.24, 2.45) is 0 Å². The number of halogens is 1. The van der Waals surface area contributed by atoms with E-state index in [4.69, 9.17) is 11.6 Å². The fraction of sp³-hybridized carbons (Fsp3) is 0.188. The number of sulfonamides is 1. The molecule has 1 aromatic carbocycles. The minimum Gasteiger partial charge on any atom is -0.348 e. The minimum absolute atomic E-state index is 0.0700. The third-order valence-electron chi connectivity index (χ3n) is 3.72. The number of nitrogens with zero attached hydrogens (tertiary/aromatic N) is 4. The predicted octanol–water partition coefficient (Wildman–Crippen LogP) is 1.32. The lowest BCUT2D eigenvalue weighted by Gasteiger charge is -2.16. The predicted molar refractivity (Wildman–Crippen MR) is 96.1 cm³/mol. The fourth-order valence-corrected chi connectivity index (χ4v) is 3.57. The van der Waals surface area contributed by atoms with Crippen LogP contribution >= 0.6 is 11.6 Å². The molecule has 10 heteroatoms. The molecule has 2 heterocycles. The van der Waals surface area contributed by atoms with Gasteiger partial charge in [0.25, 0.3) is 0 Å². The van der Waals surface area contributed by atoms with Crippen molar-refractivity contribution in [2.75, 3.05) is 13.6 Å². The van der Waals surface area contributed by atoms with Crippen molar-refractivity contribution in [3.05, 3.63) is 59.5 Å². The lowest BCUT2D eigenvalue weighted by atomic mass is 10.4. The van der Waals surface area contributed by atoms with Crippen molar-refractivity contribution in [1.29, 1.82) is 0 Å². The normalized spacial score (nSPS) is 11.8. The van der Waals surface area contributed by atoms with Crippen LogP contribution in [-0.4, -0.2) is 46.8 Å². The summed E-state index contributed by atoms with van der Waals surface area (Å²) in [6.45, 7) is -0.180. The molecule has 136 valence electrons. The maximum absolute atomic E-state index is 12.5. The van der Waals surface area contributed by atoms with Crippen LogP contribution in [0, 0.1) is 0 Å². The average molecular weight is 394 g/mol. The molecule has 0 fully saturated rings. The molecule has 0 aliphatic heterocycles. The van der Waals surface area contributed by atoms with Crippen molar-refractivity contribution in [2.45, 2.75) is 11.4 Å². The SMILES string of the molecule is CN(CC(=O)NCc1nnc2ccccn12)S(=O)(=O)c1ccc(Cl)cc1. The number of pyridine rings is 1. The number of hydrogen-bond acceptors (Lipinski definition) is 5. The number of carbonyl (C=O) groups is 1. The molecule has 0 atom stereocenters. The van der Waals surface area contributed by atoms with Crippen LogP contribution in [0.25, 0.3) is 5.65 Å². The van der Waals surface area contributed by atoms with Gasteiger partial charge in [0.15, 0.2) is 11.5 Å². The first-order chi connectivity index (χ1) is 12.4. The molecule has 3 aromatic rings. The summed E-state index contributed by atoms with van der Waals surface area (Å²) >= 11 is 5.77. The lowest BCUT2D eigenvalue weighted by Crippen LogP contribution is -2.38. The van der Waals surface area contributed by atoms with Gasteiger partial charge in [-0.2, -0.15) is 4.31 Å². The van der Waals surface area contributed by atoms with Crippen LogP contribution in [0.5, 0.6) is 0 Å². The van der Waals surface area contributed by atoms with E-state index in [1.54, 1.807) is 16.7 Å². The number of benzene rings is 1. The molecule has 0 radical (unpaired) electrons. The Kier molecular flexibility index (Phi) is 5.21. The highest BCUT2D eigenvalue weighted by atomic mass is 35.5. The smallest absolute Gasteiger partial charge is 0.243 e. The molecular formula is C16H16ClN5O3S. The van der Waals surface area contributed by atoms with Crippen LogP contribution in [0.15, 0.2) is 53.6 Å². The number of carbonyl (C=O) groups excluding carboxylic acids is 1. The Bertz CT molecular complexity index is 1030. The third-order valence-corrected chi connectivity index (χ3v) is 5.79. The molecule has 0 aliphatic carbocycles. The zero-order valence-corrected chi connectivity index (χ0v) is 15.4. The van der Waals surface area contributed by atoms with Crippen molar-refractivity contribution in [1.82, 2.24) is 24.2 Å². The van der Waals surface area contributed by atoms with Gasteiger partial charge in [-0.1, -0.05) is 17.7 Å². The molecule has 0 saturated carbocycles. The fourth-order valence-electron chi connectivity index (χ4n) is 2.32. The van der Waals surface area contributed by atoms with Gasteiger partial charge in [0.1, 0.15) is 0 Å². The van der Waals surface area contributed by atoms with Gasteiger partial charge < -0.3 is 5.32 Å². The van der Waals surface area contributed by atoms with Crippen LogP contribution < -0.4 is 5.32 Å². The standard InChI is InChI=1S/C16H16ClN5O3S/c1-21(26(24,25)13-7-5-12(17)6-8-13)11-16(23)18-10-15-20-19-14-4-2-3-9-22(14)15/h2-9H,10-11H2,1H3,(H,18,23). The number of likely N-dealkylation sites (N-methyl/N-ethyl adjacent to an activating group) is 1. The van der Waals surface area contributed by atoms with Crippen LogP contribution in [0.1, 0.15) is 5.82 Å². The highest BCUT2D eigenvalue weighted by molar-refractivity contribution is 7.89. The van der Waals surface area contributed by atoms with Crippen molar-refractivity contribution in [3.63, 3.8) is 0 Å². The largest absolute Gasteiger partial charge is 0.348 e. The minimum atomic E-state index is -3.78. The van der Waals surface area contributed by atoms with E-state index in [9.17, 15) is 13.2 Å². The van der Waals surface area contributed by atoms with Gasteiger partial charge in [-0.15, -0.1) is 10.2 Å². The Labute approximate surface area is 155 Å². The Balaban J connectivity index is 1.63. The molecule has 3 rings (SSSR count). The van der Waals surface area contributed by atoms with Gasteiger partial charge >= 0.3 is 0 Å². The number of nitrogens with one attached hydrogen (secondary N) is 1. The van der Waals surface area contributed by atoms with Crippen LogP contribution in [-0.2, 0) is 21.4 Å². The van der Waals surface area contributed by atoms with Crippen LogP contribution in [0.2, 0.25) is 5.02 Å². The molecule has 8 nitrogen and oxygen atoms in total. The van der Waals surface area contributed by atoms with E-state index in [1.165, 1.54) is 31.3 Å². The highest BCUT2D eigenvalue weighted by Gasteiger charge is 2.23. The zero-order valence-electron chi connectivity index (χ0n) is 13.8. The summed E-state index contributed by atoms with van der Waals surface area (Å²) in [5.74, 6) is 0.106. The number of hydrogen-bond donors (Lipinski definition) is 1. The first-order valence-electron chi connectivity index (χ1n) is 7.65. The summed E-state index contributed by atoms with van der Waals surface area (Å²) < 4.78 is 27.7. The van der Waals surface area contributed by atoms with Gasteiger partial charge in [-0.05, 0) is 36.4 Å². The first kappa shape index (κ1) is 18.3. The molecule has 0 saturated heterocycles. The molecule has 1 amide bonds. The molecule has 0 spiro atoms. The Morgan fingerprint density at radius 2 is 1.92 bits per heavy atom. The summed E-state index contributed by atoms with van der Waals surface area (Å²) in [6.07, 6.45) is 1.79. The third kappa shape index (κ3) is 3.85. The van der Waals surface area contributed by atoms with E-state index in [0.29, 0.717) is 16.5 Å². The van der Waals surface area contributed by atoms with E-state index >= 15 is 0 Å². The van der Waals surface area contributed by atoms with Crippen molar-refractivity contribution >= 4 is 33.2 Å². The highest BCUT2D eigenvalue weighted by Crippen LogP contribution is 2.17. The summed E-state index contributed by atoms with van der Waals surface area (Å²) in [5, 5.41) is 11.1. The summed E-state index contributed by atoms with van der Waals surface area (Å²) in [7, 11) is -2.43. The second-order valence-corrected chi connectivity index (χ2v) is 8.02. The Morgan fingerprint density at radius 3 is 2.65 bits per heavy atom. The summed E-state index contributed by atoms with van der Waals surface area (Å²) in [6, 6.07) is 11.2. The van der Waals surface area contributed by atoms with Gasteiger partial charge in [0, 0.05) is 18.3 Å². The van der Waals surface area contributed by atoms with Gasteiger partial charge in [-0.3, -0.25) is 9.20 Å². The van der Waals surface area contributed by atoms with Gasteiger partial charge in [0.2, 0.25) is 15.9 Å². The molecule has 0 bridgehead atoms. The molecule has 26 heavy (non-hydrogen) atoms. The maximum atomic E-state index is 12.5. The Hall–Kier alpha value is -2.49. The number of rotatable bonds is 6. The second-order valence-electron chi connectivity index (χ2n) is 5.54. The maximum Gasteiger partial charge on any atom is 0.243 e. The second kappa shape index (κ2) is 7.40. The summed E-state index contributed by atoms with van der Waals surface area (Å²) in [5.41, 5.74) is 0.666. The van der Waals surface area contributed by atoms with Crippen molar-refractivity contribution in [3.8, 4) is 0 Å². The zero-order chi connectivity index (χ0) is 18.7.